The molecule has 0 aromatic rings. The zero-order valence-electron chi connectivity index (χ0n) is 10.3. The molecular weight excluding hydrogens is 202 g/mol. The summed E-state index contributed by atoms with van der Waals surface area (Å²) in [5.41, 5.74) is 5.44. The summed E-state index contributed by atoms with van der Waals surface area (Å²) in [4.78, 5) is 13.7. The number of nitrogens with zero attached hydrogens (tertiary/aromatic N) is 1. The van der Waals surface area contributed by atoms with Crippen molar-refractivity contribution in [2.24, 2.45) is 5.73 Å². The van der Waals surface area contributed by atoms with Crippen molar-refractivity contribution < 1.29 is 4.79 Å². The minimum Gasteiger partial charge on any atom is -0.368 e. The van der Waals surface area contributed by atoms with Gasteiger partial charge in [0.15, 0.2) is 0 Å². The lowest BCUT2D eigenvalue weighted by atomic mass is 9.80. The summed E-state index contributed by atoms with van der Waals surface area (Å²) in [7, 11) is 2.04. The molecule has 2 aliphatic rings. The molecule has 3 unspecified atom stereocenters. The quantitative estimate of drug-likeness (QED) is 0.734. The molecule has 0 aromatic heterocycles. The van der Waals surface area contributed by atoms with Gasteiger partial charge < -0.3 is 11.1 Å². The fraction of sp³-hybridized carbons (Fsp3) is 0.917. The Labute approximate surface area is 97.6 Å². The van der Waals surface area contributed by atoms with Gasteiger partial charge >= 0.3 is 0 Å². The predicted octanol–water partition coefficient (Wildman–Crippen LogP) is 0.465. The van der Waals surface area contributed by atoms with Gasteiger partial charge in [0.2, 0.25) is 5.91 Å². The van der Waals surface area contributed by atoms with Gasteiger partial charge in [0.1, 0.15) is 0 Å². The summed E-state index contributed by atoms with van der Waals surface area (Å²) >= 11 is 0. The molecule has 0 saturated carbocycles. The molecule has 2 bridgehead atoms. The van der Waals surface area contributed by atoms with Crippen molar-refractivity contribution in [1.29, 1.82) is 0 Å². The Morgan fingerprint density at radius 1 is 1.38 bits per heavy atom. The van der Waals surface area contributed by atoms with E-state index >= 15 is 0 Å². The van der Waals surface area contributed by atoms with E-state index in [1.165, 1.54) is 19.3 Å². The second-order valence-electron chi connectivity index (χ2n) is 5.22. The Kier molecular flexibility index (Phi) is 3.50. The number of primary amides is 1. The Morgan fingerprint density at radius 3 is 2.38 bits per heavy atom. The Balaban J connectivity index is 2.11. The highest BCUT2D eigenvalue weighted by Crippen LogP contribution is 2.35. The van der Waals surface area contributed by atoms with Gasteiger partial charge in [-0.1, -0.05) is 6.42 Å². The van der Waals surface area contributed by atoms with Crippen LogP contribution in [0.15, 0.2) is 0 Å². The lowest BCUT2D eigenvalue weighted by Gasteiger charge is -2.50. The van der Waals surface area contributed by atoms with E-state index in [0.717, 1.165) is 12.8 Å². The Bertz CT molecular complexity index is 255. The van der Waals surface area contributed by atoms with Crippen LogP contribution in [0.1, 0.15) is 39.0 Å². The minimum atomic E-state index is -0.181. The third kappa shape index (κ3) is 2.09. The number of fused-ring (bicyclic) bond motifs is 2. The summed E-state index contributed by atoms with van der Waals surface area (Å²) in [6, 6.07) is 1.61. The highest BCUT2D eigenvalue weighted by atomic mass is 16.1. The van der Waals surface area contributed by atoms with Gasteiger partial charge in [-0.3, -0.25) is 9.69 Å². The zero-order valence-corrected chi connectivity index (χ0v) is 10.3. The summed E-state index contributed by atoms with van der Waals surface area (Å²) in [5, 5.41) is 3.38. The van der Waals surface area contributed by atoms with Crippen LogP contribution >= 0.6 is 0 Å². The molecule has 0 radical (unpaired) electrons. The molecule has 3 N–H and O–H groups in total. The summed E-state index contributed by atoms with van der Waals surface area (Å²) in [6.07, 6.45) is 6.04. The molecule has 92 valence electrons. The van der Waals surface area contributed by atoms with Crippen molar-refractivity contribution >= 4 is 5.91 Å². The zero-order chi connectivity index (χ0) is 11.7. The monoisotopic (exact) mass is 225 g/mol. The molecule has 1 amide bonds. The van der Waals surface area contributed by atoms with Gasteiger partial charge in [0.25, 0.3) is 0 Å². The third-order valence-electron chi connectivity index (χ3n) is 4.30. The molecule has 2 fully saturated rings. The lowest BCUT2D eigenvalue weighted by molar-refractivity contribution is -0.127. The first-order chi connectivity index (χ1) is 7.63. The number of rotatable bonds is 3. The van der Waals surface area contributed by atoms with E-state index in [-0.39, 0.29) is 11.9 Å². The molecule has 0 spiro atoms. The van der Waals surface area contributed by atoms with Crippen LogP contribution in [0.3, 0.4) is 0 Å². The molecule has 0 aromatic carbocycles. The van der Waals surface area contributed by atoms with E-state index in [4.69, 9.17) is 5.73 Å². The van der Waals surface area contributed by atoms with Gasteiger partial charge in [-0.05, 0) is 39.7 Å². The Hall–Kier alpha value is -0.610. The van der Waals surface area contributed by atoms with Gasteiger partial charge in [-0.2, -0.15) is 0 Å². The minimum absolute atomic E-state index is 0.104. The summed E-state index contributed by atoms with van der Waals surface area (Å²) in [5.74, 6) is -0.181. The second kappa shape index (κ2) is 4.72. The molecule has 2 aliphatic heterocycles. The Morgan fingerprint density at radius 2 is 1.94 bits per heavy atom. The maximum absolute atomic E-state index is 11.3. The van der Waals surface area contributed by atoms with E-state index in [9.17, 15) is 4.79 Å². The van der Waals surface area contributed by atoms with Crippen LogP contribution in [0.25, 0.3) is 0 Å². The van der Waals surface area contributed by atoms with Crippen molar-refractivity contribution in [3.8, 4) is 0 Å². The van der Waals surface area contributed by atoms with E-state index in [0.29, 0.717) is 18.1 Å². The average molecular weight is 225 g/mol. The normalized spacial score (nSPS) is 37.0. The number of hydrogen-bond acceptors (Lipinski definition) is 3. The maximum Gasteiger partial charge on any atom is 0.234 e. The lowest BCUT2D eigenvalue weighted by Crippen LogP contribution is -2.61. The van der Waals surface area contributed by atoms with Crippen LogP contribution in [-0.2, 0) is 4.79 Å². The molecule has 3 atom stereocenters. The SMILES string of the molecule is CNC1CC2CCCC(C1)N2C(C)C(N)=O. The number of nitrogens with one attached hydrogen (secondary N) is 1. The molecule has 4 heteroatoms. The first kappa shape index (κ1) is 11.9. The predicted molar refractivity (Wildman–Crippen MR) is 64.0 cm³/mol. The van der Waals surface area contributed by atoms with E-state index < -0.39 is 0 Å². The maximum atomic E-state index is 11.3. The molecule has 2 rings (SSSR count). The molecule has 0 aliphatic carbocycles. The first-order valence-corrected chi connectivity index (χ1v) is 6.37. The van der Waals surface area contributed by atoms with Gasteiger partial charge in [0, 0.05) is 18.1 Å². The fourth-order valence-electron chi connectivity index (χ4n) is 3.43. The number of piperidine rings is 2. The molecule has 16 heavy (non-hydrogen) atoms. The topological polar surface area (TPSA) is 58.4 Å². The van der Waals surface area contributed by atoms with E-state index in [1.807, 2.05) is 14.0 Å². The third-order valence-corrected chi connectivity index (χ3v) is 4.30. The molecule has 2 saturated heterocycles. The highest BCUT2D eigenvalue weighted by Gasteiger charge is 2.41. The van der Waals surface area contributed by atoms with E-state index in [1.54, 1.807) is 0 Å². The number of nitrogens with two attached hydrogens (primary N) is 1. The summed E-state index contributed by atoms with van der Waals surface area (Å²) in [6.45, 7) is 1.95. The molecule has 4 nitrogen and oxygen atoms in total. The second-order valence-corrected chi connectivity index (χ2v) is 5.22. The van der Waals surface area contributed by atoms with Crippen LogP contribution in [0.2, 0.25) is 0 Å². The summed E-state index contributed by atoms with van der Waals surface area (Å²) < 4.78 is 0. The van der Waals surface area contributed by atoms with Crippen LogP contribution < -0.4 is 11.1 Å². The van der Waals surface area contributed by atoms with Crippen molar-refractivity contribution in [2.75, 3.05) is 7.05 Å². The first-order valence-electron chi connectivity index (χ1n) is 6.37. The standard InChI is InChI=1S/C12H23N3O/c1-8(12(13)16)15-10-4-3-5-11(15)7-9(6-10)14-2/h8-11,14H,3-7H2,1-2H3,(H2,13,16). The van der Waals surface area contributed by atoms with Crippen LogP contribution in [0, 0.1) is 0 Å². The van der Waals surface area contributed by atoms with Crippen molar-refractivity contribution in [3.05, 3.63) is 0 Å². The smallest absolute Gasteiger partial charge is 0.234 e. The van der Waals surface area contributed by atoms with Gasteiger partial charge in [-0.15, -0.1) is 0 Å². The van der Waals surface area contributed by atoms with Gasteiger partial charge in [0.05, 0.1) is 6.04 Å². The van der Waals surface area contributed by atoms with Crippen molar-refractivity contribution in [2.45, 2.75) is 63.2 Å². The van der Waals surface area contributed by atoms with Crippen LogP contribution in [0.5, 0.6) is 0 Å². The van der Waals surface area contributed by atoms with Gasteiger partial charge in [-0.25, -0.2) is 0 Å². The molecule has 2 heterocycles. The van der Waals surface area contributed by atoms with Crippen molar-refractivity contribution in [3.63, 3.8) is 0 Å². The van der Waals surface area contributed by atoms with Crippen LogP contribution in [-0.4, -0.2) is 42.0 Å². The number of hydrogen-bond donors (Lipinski definition) is 2. The number of carbonyl (C=O) groups is 1. The largest absolute Gasteiger partial charge is 0.368 e. The van der Waals surface area contributed by atoms with E-state index in [2.05, 4.69) is 10.2 Å². The average Bonchev–Trinajstić information content (AvgIpc) is 2.26. The van der Waals surface area contributed by atoms with Crippen LogP contribution in [0.4, 0.5) is 0 Å². The molecular formula is C12H23N3O. The number of carbonyl (C=O) groups excluding carboxylic acids is 1. The highest BCUT2D eigenvalue weighted by molar-refractivity contribution is 5.79. The van der Waals surface area contributed by atoms with Crippen molar-refractivity contribution in [1.82, 2.24) is 10.2 Å². The fourth-order valence-corrected chi connectivity index (χ4v) is 3.43. The number of amides is 1.